The first-order chi connectivity index (χ1) is 6.81. The highest BCUT2D eigenvalue weighted by molar-refractivity contribution is 7.19. The first-order valence-electron chi connectivity index (χ1n) is 5.29. The predicted octanol–water partition coefficient (Wildman–Crippen LogP) is 4.80. The Kier molecular flexibility index (Phi) is 2.87. The smallest absolute Gasteiger partial charge is 0.0345 e. The fourth-order valence-corrected chi connectivity index (χ4v) is 2.97. The minimum atomic E-state index is 0.720. The van der Waals surface area contributed by atoms with E-state index in [9.17, 15) is 0 Å². The number of benzene rings is 1. The van der Waals surface area contributed by atoms with Crippen molar-refractivity contribution in [3.05, 3.63) is 35.2 Å². The minimum absolute atomic E-state index is 0.720. The van der Waals surface area contributed by atoms with Crippen LogP contribution in [-0.2, 0) is 0 Å². The Hall–Kier alpha value is -0.820. The number of rotatable bonds is 3. The highest BCUT2D eigenvalue weighted by Crippen LogP contribution is 2.32. The molecular formula is C13H16S. The fourth-order valence-electron chi connectivity index (χ4n) is 1.82. The van der Waals surface area contributed by atoms with E-state index in [-0.39, 0.29) is 0 Å². The molecule has 1 aromatic carbocycles. The lowest BCUT2D eigenvalue weighted by Crippen LogP contribution is -1.87. The molecule has 0 spiro atoms. The third-order valence-corrected chi connectivity index (χ3v) is 4.00. The molecule has 1 atom stereocenters. The van der Waals surface area contributed by atoms with Gasteiger partial charge in [-0.25, -0.2) is 0 Å². The summed E-state index contributed by atoms with van der Waals surface area (Å²) < 4.78 is 1.42. The normalized spacial score (nSPS) is 13.3. The van der Waals surface area contributed by atoms with Crippen LogP contribution >= 0.6 is 11.3 Å². The van der Waals surface area contributed by atoms with E-state index in [1.165, 1.54) is 27.8 Å². The van der Waals surface area contributed by atoms with Crippen LogP contribution in [0.15, 0.2) is 30.3 Å². The molecule has 1 aromatic heterocycles. The van der Waals surface area contributed by atoms with Gasteiger partial charge in [0.25, 0.3) is 0 Å². The van der Waals surface area contributed by atoms with Gasteiger partial charge in [0, 0.05) is 9.58 Å². The van der Waals surface area contributed by atoms with Gasteiger partial charge in [-0.3, -0.25) is 0 Å². The summed E-state index contributed by atoms with van der Waals surface area (Å²) in [4.78, 5) is 1.54. The van der Waals surface area contributed by atoms with Gasteiger partial charge < -0.3 is 0 Å². The van der Waals surface area contributed by atoms with Crippen LogP contribution in [0.3, 0.4) is 0 Å². The molecular weight excluding hydrogens is 188 g/mol. The molecule has 0 aliphatic carbocycles. The van der Waals surface area contributed by atoms with Crippen LogP contribution in [0.1, 0.15) is 37.5 Å². The summed E-state index contributed by atoms with van der Waals surface area (Å²) in [7, 11) is 0. The number of hydrogen-bond acceptors (Lipinski definition) is 1. The van der Waals surface area contributed by atoms with Gasteiger partial charge in [0.05, 0.1) is 0 Å². The van der Waals surface area contributed by atoms with Gasteiger partial charge >= 0.3 is 0 Å². The Morgan fingerprint density at radius 1 is 1.29 bits per heavy atom. The Bertz CT molecular complexity index is 381. The van der Waals surface area contributed by atoms with Gasteiger partial charge in [-0.1, -0.05) is 38.5 Å². The summed E-state index contributed by atoms with van der Waals surface area (Å²) in [5, 5.41) is 1.40. The molecule has 0 N–H and O–H groups in total. The summed E-state index contributed by atoms with van der Waals surface area (Å²) in [6.45, 7) is 4.58. The van der Waals surface area contributed by atoms with Crippen LogP contribution in [0.2, 0.25) is 0 Å². The monoisotopic (exact) mass is 204 g/mol. The van der Waals surface area contributed by atoms with Gasteiger partial charge in [0.1, 0.15) is 0 Å². The van der Waals surface area contributed by atoms with Crippen molar-refractivity contribution in [3.8, 4) is 0 Å². The quantitative estimate of drug-likeness (QED) is 0.673. The van der Waals surface area contributed by atoms with Crippen molar-refractivity contribution in [3.63, 3.8) is 0 Å². The van der Waals surface area contributed by atoms with Gasteiger partial charge in [-0.2, -0.15) is 0 Å². The lowest BCUT2D eigenvalue weighted by molar-refractivity contribution is 0.675. The van der Waals surface area contributed by atoms with E-state index in [1.807, 2.05) is 11.3 Å². The average Bonchev–Trinajstić information content (AvgIpc) is 2.61. The fraction of sp³-hybridized carbons (Fsp3) is 0.385. The molecule has 2 aromatic rings. The van der Waals surface area contributed by atoms with E-state index in [0.717, 1.165) is 5.92 Å². The second-order valence-electron chi connectivity index (χ2n) is 3.88. The molecule has 0 aliphatic heterocycles. The minimum Gasteiger partial charge on any atom is -0.140 e. The molecule has 1 heterocycles. The summed E-state index contributed by atoms with van der Waals surface area (Å²) in [6, 6.07) is 11.0. The summed E-state index contributed by atoms with van der Waals surface area (Å²) in [5.41, 5.74) is 0. The van der Waals surface area contributed by atoms with Gasteiger partial charge in [-0.15, -0.1) is 11.3 Å². The van der Waals surface area contributed by atoms with Crippen molar-refractivity contribution in [2.75, 3.05) is 0 Å². The third kappa shape index (κ3) is 1.83. The zero-order valence-electron chi connectivity index (χ0n) is 8.79. The molecule has 0 nitrogen and oxygen atoms in total. The van der Waals surface area contributed by atoms with E-state index in [0.29, 0.717) is 0 Å². The zero-order chi connectivity index (χ0) is 9.97. The van der Waals surface area contributed by atoms with Crippen molar-refractivity contribution in [2.24, 2.45) is 0 Å². The summed E-state index contributed by atoms with van der Waals surface area (Å²) in [5.74, 6) is 0.720. The third-order valence-electron chi connectivity index (χ3n) is 2.65. The zero-order valence-corrected chi connectivity index (χ0v) is 9.60. The number of thiophene rings is 1. The Balaban J connectivity index is 2.35. The molecule has 0 fully saturated rings. The molecule has 14 heavy (non-hydrogen) atoms. The van der Waals surface area contributed by atoms with Crippen molar-refractivity contribution < 1.29 is 0 Å². The maximum absolute atomic E-state index is 2.35. The molecule has 1 unspecified atom stereocenters. The second-order valence-corrected chi connectivity index (χ2v) is 4.99. The maximum Gasteiger partial charge on any atom is 0.0345 e. The molecule has 74 valence electrons. The molecule has 0 aliphatic rings. The van der Waals surface area contributed by atoms with Crippen LogP contribution in [0.5, 0.6) is 0 Å². The van der Waals surface area contributed by atoms with Gasteiger partial charge in [0.15, 0.2) is 0 Å². The van der Waals surface area contributed by atoms with Crippen LogP contribution in [-0.4, -0.2) is 0 Å². The van der Waals surface area contributed by atoms with Crippen LogP contribution in [0, 0.1) is 0 Å². The van der Waals surface area contributed by atoms with Crippen LogP contribution < -0.4 is 0 Å². The summed E-state index contributed by atoms with van der Waals surface area (Å²) >= 11 is 1.95. The predicted molar refractivity (Wildman–Crippen MR) is 65.1 cm³/mol. The summed E-state index contributed by atoms with van der Waals surface area (Å²) in [6.07, 6.45) is 2.57. The van der Waals surface area contributed by atoms with Gasteiger partial charge in [-0.05, 0) is 29.9 Å². The van der Waals surface area contributed by atoms with E-state index in [2.05, 4.69) is 44.2 Å². The molecule has 0 radical (unpaired) electrons. The lowest BCUT2D eigenvalue weighted by atomic mass is 10.0. The maximum atomic E-state index is 2.35. The molecule has 0 saturated heterocycles. The number of hydrogen-bond donors (Lipinski definition) is 0. The van der Waals surface area contributed by atoms with E-state index < -0.39 is 0 Å². The topological polar surface area (TPSA) is 0 Å². The van der Waals surface area contributed by atoms with Crippen LogP contribution in [0.4, 0.5) is 0 Å². The molecule has 2 rings (SSSR count). The molecule has 0 saturated carbocycles. The van der Waals surface area contributed by atoms with E-state index in [4.69, 9.17) is 0 Å². The van der Waals surface area contributed by atoms with E-state index >= 15 is 0 Å². The lowest BCUT2D eigenvalue weighted by Gasteiger charge is -2.05. The standard InChI is InChI=1S/C13H16S/c1-3-6-10(2)13-9-11-7-4-5-8-12(11)14-13/h4-5,7-10H,3,6H2,1-2H3. The van der Waals surface area contributed by atoms with Gasteiger partial charge in [0.2, 0.25) is 0 Å². The Morgan fingerprint density at radius 3 is 2.79 bits per heavy atom. The van der Waals surface area contributed by atoms with Crippen molar-refractivity contribution in [2.45, 2.75) is 32.6 Å². The SMILES string of the molecule is CCCC(C)c1cc2ccccc2s1. The second kappa shape index (κ2) is 4.14. The highest BCUT2D eigenvalue weighted by Gasteiger charge is 2.07. The van der Waals surface area contributed by atoms with Crippen molar-refractivity contribution in [1.29, 1.82) is 0 Å². The molecule has 0 amide bonds. The Morgan fingerprint density at radius 2 is 2.07 bits per heavy atom. The highest BCUT2D eigenvalue weighted by atomic mass is 32.1. The largest absolute Gasteiger partial charge is 0.140 e. The number of fused-ring (bicyclic) bond motifs is 1. The van der Waals surface area contributed by atoms with Crippen LogP contribution in [0.25, 0.3) is 10.1 Å². The first-order valence-corrected chi connectivity index (χ1v) is 6.11. The van der Waals surface area contributed by atoms with Crippen molar-refractivity contribution in [1.82, 2.24) is 0 Å². The molecule has 1 heteroatoms. The van der Waals surface area contributed by atoms with Crippen molar-refractivity contribution >= 4 is 21.4 Å². The van der Waals surface area contributed by atoms with E-state index in [1.54, 1.807) is 0 Å². The molecule has 0 bridgehead atoms. The Labute approximate surface area is 89.6 Å². The average molecular weight is 204 g/mol. The first kappa shape index (κ1) is 9.72.